The molecule has 6 heteroatoms. The molecule has 0 saturated carbocycles. The molecule has 1 fully saturated rings. The minimum Gasteiger partial charge on any atom is -0.462 e. The zero-order valence-corrected chi connectivity index (χ0v) is 27.1. The predicted octanol–water partition coefficient (Wildman–Crippen LogP) is 8.96. The van der Waals surface area contributed by atoms with E-state index in [1.807, 2.05) is 0 Å². The summed E-state index contributed by atoms with van der Waals surface area (Å²) in [7, 11) is 0. The standard InChI is InChI=1S/C36H62O6/c1-4-5-6-7-8-9-12-15-20-25-33-34(42-33)26-21-17-18-22-27-35(38)40-30-32(29-37)41-36(39)28-23-16-13-10-11-14-19-24-31(2)3/h8-9,15,17,20-21,31-34,37H,4-7,10-14,16,18-19,22-30H2,1-3H3/b9-8-,20-15-,21-17-/t32-,33?,34?/m0/s1. The highest BCUT2D eigenvalue weighted by atomic mass is 16.6. The van der Waals surface area contributed by atoms with Gasteiger partial charge in [-0.3, -0.25) is 9.59 Å². The Hall–Kier alpha value is -1.92. The number of hydrogen-bond acceptors (Lipinski definition) is 6. The molecule has 0 spiro atoms. The summed E-state index contributed by atoms with van der Waals surface area (Å²) in [4.78, 5) is 24.1. The third-order valence-corrected chi connectivity index (χ3v) is 7.52. The SMILES string of the molecule is CCCCC/C=C\C/C=C\CC1OC1C/C=C\CCCC(=O)OC[C@H](CO)OC(=O)CCCCCCCCCC(C)C. The van der Waals surface area contributed by atoms with Crippen LogP contribution in [0, 0.1) is 5.92 Å². The lowest BCUT2D eigenvalue weighted by molar-refractivity contribution is -0.161. The highest BCUT2D eigenvalue weighted by molar-refractivity contribution is 5.70. The zero-order chi connectivity index (χ0) is 30.7. The van der Waals surface area contributed by atoms with Crippen LogP contribution in [0.1, 0.15) is 143 Å². The molecule has 1 saturated heterocycles. The fraction of sp³-hybridized carbons (Fsp3) is 0.778. The van der Waals surface area contributed by atoms with Crippen molar-refractivity contribution in [3.63, 3.8) is 0 Å². The van der Waals surface area contributed by atoms with E-state index in [1.165, 1.54) is 57.8 Å². The number of aliphatic hydroxyl groups excluding tert-OH is 1. The van der Waals surface area contributed by atoms with Crippen LogP contribution in [0.2, 0.25) is 0 Å². The van der Waals surface area contributed by atoms with Gasteiger partial charge in [0.25, 0.3) is 0 Å². The molecule has 42 heavy (non-hydrogen) atoms. The Balaban J connectivity index is 1.98. The first-order chi connectivity index (χ1) is 20.5. The lowest BCUT2D eigenvalue weighted by Gasteiger charge is -2.15. The van der Waals surface area contributed by atoms with Gasteiger partial charge < -0.3 is 19.3 Å². The molecule has 6 nitrogen and oxygen atoms in total. The van der Waals surface area contributed by atoms with Gasteiger partial charge in [0.2, 0.25) is 0 Å². The summed E-state index contributed by atoms with van der Waals surface area (Å²) >= 11 is 0. The van der Waals surface area contributed by atoms with Crippen molar-refractivity contribution < 1.29 is 28.9 Å². The highest BCUT2D eigenvalue weighted by Gasteiger charge is 2.35. The van der Waals surface area contributed by atoms with Crippen LogP contribution in [0.25, 0.3) is 0 Å². The van der Waals surface area contributed by atoms with Crippen LogP contribution >= 0.6 is 0 Å². The van der Waals surface area contributed by atoms with Crippen LogP contribution in [0.5, 0.6) is 0 Å². The minimum absolute atomic E-state index is 0.0998. The van der Waals surface area contributed by atoms with Crippen molar-refractivity contribution in [2.24, 2.45) is 5.92 Å². The van der Waals surface area contributed by atoms with Gasteiger partial charge in [0.1, 0.15) is 6.61 Å². The molecule has 1 N–H and O–H groups in total. The summed E-state index contributed by atoms with van der Waals surface area (Å²) < 4.78 is 16.2. The van der Waals surface area contributed by atoms with Crippen LogP contribution in [-0.2, 0) is 23.8 Å². The normalized spacial score (nSPS) is 17.5. The van der Waals surface area contributed by atoms with Crippen LogP contribution < -0.4 is 0 Å². The molecule has 2 unspecified atom stereocenters. The summed E-state index contributed by atoms with van der Waals surface area (Å²) in [6.07, 6.45) is 32.4. The van der Waals surface area contributed by atoms with E-state index < -0.39 is 6.10 Å². The van der Waals surface area contributed by atoms with Gasteiger partial charge in [-0.15, -0.1) is 0 Å². The topological polar surface area (TPSA) is 85.4 Å². The summed E-state index contributed by atoms with van der Waals surface area (Å²) in [5.74, 6) is 0.113. The van der Waals surface area contributed by atoms with Crippen molar-refractivity contribution in [1.82, 2.24) is 0 Å². The maximum absolute atomic E-state index is 12.1. The number of rotatable bonds is 28. The van der Waals surface area contributed by atoms with Gasteiger partial charge in [-0.2, -0.15) is 0 Å². The average molecular weight is 591 g/mol. The van der Waals surface area contributed by atoms with Crippen LogP contribution in [0.4, 0.5) is 0 Å². The number of epoxide rings is 1. The molecule has 1 aliphatic rings. The Morgan fingerprint density at radius 3 is 2.02 bits per heavy atom. The maximum atomic E-state index is 12.1. The molecule has 0 aromatic rings. The molecular formula is C36H62O6. The van der Waals surface area contributed by atoms with E-state index in [-0.39, 0.29) is 25.2 Å². The Bertz CT molecular complexity index is 756. The molecule has 242 valence electrons. The second-order valence-corrected chi connectivity index (χ2v) is 12.1. The molecular weight excluding hydrogens is 528 g/mol. The Labute approximate surface area is 257 Å². The molecule has 0 aromatic heterocycles. The fourth-order valence-electron chi connectivity index (χ4n) is 4.77. The van der Waals surface area contributed by atoms with Gasteiger partial charge in [-0.1, -0.05) is 115 Å². The van der Waals surface area contributed by atoms with Crippen LogP contribution in [0.3, 0.4) is 0 Å². The van der Waals surface area contributed by atoms with Gasteiger partial charge in [0, 0.05) is 12.8 Å². The zero-order valence-electron chi connectivity index (χ0n) is 27.1. The quantitative estimate of drug-likeness (QED) is 0.0424. The van der Waals surface area contributed by atoms with Crippen LogP contribution in [0.15, 0.2) is 36.5 Å². The Kier molecular flexibility index (Phi) is 24.2. The molecule has 0 aliphatic carbocycles. The van der Waals surface area contributed by atoms with E-state index in [0.29, 0.717) is 31.5 Å². The molecule has 0 amide bonds. The lowest BCUT2D eigenvalue weighted by Crippen LogP contribution is -2.28. The van der Waals surface area contributed by atoms with Gasteiger partial charge in [0.05, 0.1) is 18.8 Å². The van der Waals surface area contributed by atoms with Gasteiger partial charge in [-0.25, -0.2) is 0 Å². The number of unbranched alkanes of at least 4 members (excludes halogenated alkanes) is 10. The number of esters is 2. The summed E-state index contributed by atoms with van der Waals surface area (Å²) in [5.41, 5.74) is 0. The van der Waals surface area contributed by atoms with Gasteiger partial charge in [-0.05, 0) is 57.3 Å². The monoisotopic (exact) mass is 590 g/mol. The molecule has 1 rings (SSSR count). The molecule has 3 atom stereocenters. The fourth-order valence-corrected chi connectivity index (χ4v) is 4.77. The van der Waals surface area contributed by atoms with Crippen molar-refractivity contribution in [3.05, 3.63) is 36.5 Å². The van der Waals surface area contributed by atoms with E-state index in [1.54, 1.807) is 0 Å². The lowest BCUT2D eigenvalue weighted by atomic mass is 10.0. The first kappa shape index (κ1) is 38.1. The number of carbonyl (C=O) groups is 2. The van der Waals surface area contributed by atoms with E-state index in [2.05, 4.69) is 57.2 Å². The number of hydrogen-bond donors (Lipinski definition) is 1. The van der Waals surface area contributed by atoms with E-state index in [0.717, 1.165) is 50.9 Å². The smallest absolute Gasteiger partial charge is 0.306 e. The molecule has 0 aromatic carbocycles. The Morgan fingerprint density at radius 2 is 1.33 bits per heavy atom. The van der Waals surface area contributed by atoms with Crippen molar-refractivity contribution in [3.8, 4) is 0 Å². The maximum Gasteiger partial charge on any atom is 0.306 e. The summed E-state index contributed by atoms with van der Waals surface area (Å²) in [6, 6.07) is 0. The van der Waals surface area contributed by atoms with Crippen molar-refractivity contribution in [1.29, 1.82) is 0 Å². The molecule has 0 radical (unpaired) electrons. The summed E-state index contributed by atoms with van der Waals surface area (Å²) in [6.45, 7) is 6.31. The van der Waals surface area contributed by atoms with E-state index in [9.17, 15) is 14.7 Å². The highest BCUT2D eigenvalue weighted by Crippen LogP contribution is 2.29. The number of ether oxygens (including phenoxy) is 3. The largest absolute Gasteiger partial charge is 0.462 e. The van der Waals surface area contributed by atoms with Gasteiger partial charge in [0.15, 0.2) is 6.10 Å². The second-order valence-electron chi connectivity index (χ2n) is 12.1. The van der Waals surface area contributed by atoms with Crippen molar-refractivity contribution in [2.75, 3.05) is 13.2 Å². The van der Waals surface area contributed by atoms with E-state index >= 15 is 0 Å². The predicted molar refractivity (Wildman–Crippen MR) is 172 cm³/mol. The first-order valence-electron chi connectivity index (χ1n) is 17.0. The van der Waals surface area contributed by atoms with Crippen molar-refractivity contribution >= 4 is 11.9 Å². The first-order valence-corrected chi connectivity index (χ1v) is 17.0. The molecule has 0 bridgehead atoms. The third-order valence-electron chi connectivity index (χ3n) is 7.52. The van der Waals surface area contributed by atoms with Crippen molar-refractivity contribution in [2.45, 2.75) is 161 Å². The number of allylic oxidation sites excluding steroid dienone is 4. The van der Waals surface area contributed by atoms with E-state index in [4.69, 9.17) is 14.2 Å². The minimum atomic E-state index is -0.796. The molecule has 1 aliphatic heterocycles. The third kappa shape index (κ3) is 23.6. The Morgan fingerprint density at radius 1 is 0.738 bits per heavy atom. The number of aliphatic hydroxyl groups is 1. The van der Waals surface area contributed by atoms with Gasteiger partial charge >= 0.3 is 11.9 Å². The van der Waals surface area contributed by atoms with Crippen LogP contribution in [-0.4, -0.2) is 48.6 Å². The summed E-state index contributed by atoms with van der Waals surface area (Å²) in [5, 5.41) is 9.50. The second kappa shape index (κ2) is 26.7. The average Bonchev–Trinajstić information content (AvgIpc) is 3.72. The molecule has 1 heterocycles. The number of carbonyl (C=O) groups excluding carboxylic acids is 2.